The van der Waals surface area contributed by atoms with E-state index in [1.54, 1.807) is 24.8 Å². The molecule has 0 bridgehead atoms. The Labute approximate surface area is 67.4 Å². The predicted octanol–water partition coefficient (Wildman–Crippen LogP) is -1.84. The van der Waals surface area contributed by atoms with Crippen molar-refractivity contribution in [2.24, 2.45) is 0 Å². The smallest absolute Gasteiger partial charge is 0.0690 e. The third-order valence-electron chi connectivity index (χ3n) is 0.662. The van der Waals surface area contributed by atoms with Gasteiger partial charge in [0, 0.05) is 12.4 Å². The molecule has 0 aliphatic heterocycles. The molecule has 0 fully saturated rings. The van der Waals surface area contributed by atoms with Crippen LogP contribution in [0.15, 0.2) is 24.8 Å². The van der Waals surface area contributed by atoms with Crippen molar-refractivity contribution in [1.29, 1.82) is 0 Å². The van der Waals surface area contributed by atoms with Crippen molar-refractivity contribution < 1.29 is 0 Å². The number of aromatic amines is 2. The standard InChI is InChI=1S/2C2H3N3.H4Si/c2*1-2-4-5-3-1;/h2*1-2H,(H,3,4,5);1H4. The fraction of sp³-hybridized carbons (Fsp3) is 0. The van der Waals surface area contributed by atoms with Crippen molar-refractivity contribution in [3.63, 3.8) is 0 Å². The lowest BCUT2D eigenvalue weighted by molar-refractivity contribution is 0.940. The van der Waals surface area contributed by atoms with E-state index in [1.807, 2.05) is 0 Å². The number of nitrogens with zero attached hydrogens (tertiary/aromatic N) is 4. The Bertz CT molecular complexity index is 154. The van der Waals surface area contributed by atoms with Crippen molar-refractivity contribution in [2.75, 3.05) is 0 Å². The molecule has 2 rings (SSSR count). The van der Waals surface area contributed by atoms with Crippen LogP contribution in [0.3, 0.4) is 0 Å². The Morgan fingerprint density at radius 3 is 1.36 bits per heavy atom. The van der Waals surface area contributed by atoms with Crippen LogP contribution in [0.1, 0.15) is 0 Å². The average molecular weight is 170 g/mol. The molecule has 2 aromatic heterocycles. The first-order valence-corrected chi connectivity index (χ1v) is 2.61. The van der Waals surface area contributed by atoms with E-state index in [9.17, 15) is 0 Å². The second kappa shape index (κ2) is 6.61. The fourth-order valence-corrected chi connectivity index (χ4v) is 0.333. The molecule has 0 saturated carbocycles. The molecule has 60 valence electrons. The first-order valence-electron chi connectivity index (χ1n) is 2.61. The van der Waals surface area contributed by atoms with Crippen LogP contribution < -0.4 is 0 Å². The van der Waals surface area contributed by atoms with Crippen molar-refractivity contribution in [2.45, 2.75) is 0 Å². The SMILES string of the molecule is [SiH4].c1c[nH]nn1.c1c[nH]nn1. The summed E-state index contributed by atoms with van der Waals surface area (Å²) in [5.41, 5.74) is 0. The summed E-state index contributed by atoms with van der Waals surface area (Å²) in [4.78, 5) is 0. The number of rotatable bonds is 0. The number of nitrogens with one attached hydrogen (secondary N) is 2. The van der Waals surface area contributed by atoms with Crippen LogP contribution in [-0.2, 0) is 0 Å². The quantitative estimate of drug-likeness (QED) is 0.455. The van der Waals surface area contributed by atoms with Crippen molar-refractivity contribution in [1.82, 2.24) is 30.8 Å². The highest BCUT2D eigenvalue weighted by Gasteiger charge is 1.58. The van der Waals surface area contributed by atoms with E-state index in [4.69, 9.17) is 0 Å². The molecule has 0 spiro atoms. The Morgan fingerprint density at radius 2 is 1.27 bits per heavy atom. The van der Waals surface area contributed by atoms with Gasteiger partial charge in [-0.3, -0.25) is 10.2 Å². The van der Waals surface area contributed by atoms with E-state index in [1.165, 1.54) is 0 Å². The van der Waals surface area contributed by atoms with Gasteiger partial charge in [0.05, 0.1) is 12.4 Å². The summed E-state index contributed by atoms with van der Waals surface area (Å²) in [5.74, 6) is 0. The van der Waals surface area contributed by atoms with Crippen LogP contribution in [0.25, 0.3) is 0 Å². The molecule has 11 heavy (non-hydrogen) atoms. The van der Waals surface area contributed by atoms with E-state index in [2.05, 4.69) is 30.8 Å². The summed E-state index contributed by atoms with van der Waals surface area (Å²) in [5, 5.41) is 18.5. The minimum absolute atomic E-state index is 0. The van der Waals surface area contributed by atoms with Crippen LogP contribution in [-0.4, -0.2) is 41.8 Å². The van der Waals surface area contributed by atoms with Crippen LogP contribution in [0.5, 0.6) is 0 Å². The number of hydrogen-bond acceptors (Lipinski definition) is 4. The monoisotopic (exact) mass is 170 g/mol. The molecule has 0 aliphatic carbocycles. The van der Waals surface area contributed by atoms with Crippen LogP contribution in [0, 0.1) is 0 Å². The second-order valence-corrected chi connectivity index (χ2v) is 1.32. The predicted molar refractivity (Wildman–Crippen MR) is 44.1 cm³/mol. The zero-order valence-electron chi connectivity index (χ0n) is 5.10. The van der Waals surface area contributed by atoms with Crippen LogP contribution in [0.2, 0.25) is 0 Å². The van der Waals surface area contributed by atoms with E-state index in [-0.39, 0.29) is 11.0 Å². The Kier molecular flexibility index (Phi) is 5.71. The van der Waals surface area contributed by atoms with Crippen LogP contribution in [0.4, 0.5) is 0 Å². The van der Waals surface area contributed by atoms with Crippen molar-refractivity contribution >= 4 is 11.0 Å². The molecule has 2 N–H and O–H groups in total. The minimum atomic E-state index is 0. The Hall–Kier alpha value is -1.50. The first-order chi connectivity index (χ1) is 5.00. The third-order valence-corrected chi connectivity index (χ3v) is 0.662. The number of H-pyrrole nitrogens is 2. The third kappa shape index (κ3) is 4.97. The van der Waals surface area contributed by atoms with Gasteiger partial charge in [-0.05, 0) is 11.0 Å². The van der Waals surface area contributed by atoms with Gasteiger partial charge in [-0.1, -0.05) is 10.4 Å². The molecule has 7 heteroatoms. The zero-order valence-corrected chi connectivity index (χ0v) is 5.10. The minimum Gasteiger partial charge on any atom is -0.266 e. The summed E-state index contributed by atoms with van der Waals surface area (Å²) in [6, 6.07) is 0. The van der Waals surface area contributed by atoms with Gasteiger partial charge in [0.15, 0.2) is 0 Å². The zero-order chi connectivity index (χ0) is 7.07. The first kappa shape index (κ1) is 9.50. The van der Waals surface area contributed by atoms with Gasteiger partial charge in [0.2, 0.25) is 0 Å². The molecule has 6 nitrogen and oxygen atoms in total. The molecular weight excluding hydrogens is 160 g/mol. The van der Waals surface area contributed by atoms with E-state index in [0.29, 0.717) is 0 Å². The van der Waals surface area contributed by atoms with Crippen molar-refractivity contribution in [3.8, 4) is 0 Å². The van der Waals surface area contributed by atoms with E-state index in [0.717, 1.165) is 0 Å². The van der Waals surface area contributed by atoms with Crippen molar-refractivity contribution in [3.05, 3.63) is 24.8 Å². The Balaban J connectivity index is 0.000000167. The lowest BCUT2D eigenvalue weighted by Gasteiger charge is -1.46. The summed E-state index contributed by atoms with van der Waals surface area (Å²) >= 11 is 0. The molecule has 0 atom stereocenters. The highest BCUT2D eigenvalue weighted by Crippen LogP contribution is 1.56. The van der Waals surface area contributed by atoms with Gasteiger partial charge in [0.25, 0.3) is 0 Å². The van der Waals surface area contributed by atoms with Gasteiger partial charge < -0.3 is 0 Å². The molecule has 0 aliphatic rings. The topological polar surface area (TPSA) is 83.1 Å². The van der Waals surface area contributed by atoms with Gasteiger partial charge in [-0.25, -0.2) is 0 Å². The van der Waals surface area contributed by atoms with Gasteiger partial charge in [0.1, 0.15) is 0 Å². The maximum absolute atomic E-state index is 3.42. The second-order valence-electron chi connectivity index (χ2n) is 1.32. The highest BCUT2D eigenvalue weighted by molar-refractivity contribution is 5.75. The van der Waals surface area contributed by atoms with Gasteiger partial charge >= 0.3 is 0 Å². The maximum Gasteiger partial charge on any atom is 0.0690 e. The molecular formula is C4H10N6Si. The molecule has 0 radical (unpaired) electrons. The molecule has 0 amide bonds. The van der Waals surface area contributed by atoms with Crippen LogP contribution >= 0.6 is 0 Å². The lowest BCUT2D eigenvalue weighted by Crippen LogP contribution is -1.61. The Morgan fingerprint density at radius 1 is 0.818 bits per heavy atom. The maximum atomic E-state index is 3.42. The van der Waals surface area contributed by atoms with E-state index < -0.39 is 0 Å². The van der Waals surface area contributed by atoms with E-state index >= 15 is 0 Å². The highest BCUT2D eigenvalue weighted by atomic mass is 28.1. The van der Waals surface area contributed by atoms with Gasteiger partial charge in [-0.2, -0.15) is 0 Å². The molecule has 0 unspecified atom stereocenters. The summed E-state index contributed by atoms with van der Waals surface area (Å²) in [7, 11) is 0. The van der Waals surface area contributed by atoms with Gasteiger partial charge in [-0.15, -0.1) is 10.2 Å². The summed E-state index contributed by atoms with van der Waals surface area (Å²) in [6.45, 7) is 0. The fourth-order valence-electron chi connectivity index (χ4n) is 0.333. The summed E-state index contributed by atoms with van der Waals surface area (Å²) < 4.78 is 0. The molecule has 0 aromatic carbocycles. The number of aromatic nitrogens is 6. The average Bonchev–Trinajstić information content (AvgIpc) is 2.67. The number of hydrogen-bond donors (Lipinski definition) is 2. The molecule has 2 heterocycles. The summed E-state index contributed by atoms with van der Waals surface area (Å²) in [6.07, 6.45) is 6.47. The molecule has 2 aromatic rings. The largest absolute Gasteiger partial charge is 0.266 e. The normalized spacial score (nSPS) is 7.27. The lowest BCUT2D eigenvalue weighted by atomic mass is 11.0. The molecule has 0 saturated heterocycles.